The molecule has 0 bridgehead atoms. The van der Waals surface area contributed by atoms with E-state index in [9.17, 15) is 8.42 Å². The molecule has 1 unspecified atom stereocenters. The van der Waals surface area contributed by atoms with Gasteiger partial charge >= 0.3 is 0 Å². The van der Waals surface area contributed by atoms with Crippen molar-refractivity contribution in [3.8, 4) is 0 Å². The lowest BCUT2D eigenvalue weighted by atomic mass is 10.1. The van der Waals surface area contributed by atoms with Crippen LogP contribution in [0, 0.1) is 0 Å². The van der Waals surface area contributed by atoms with Gasteiger partial charge in [-0.1, -0.05) is 0 Å². The topological polar surface area (TPSA) is 80.1 Å². The van der Waals surface area contributed by atoms with E-state index in [1.807, 2.05) is 29.1 Å². The SMILES string of the molecule is CS(=O)(=O)NCCC1CN(Cc2ccncc2)Cc2ccnn21. The highest BCUT2D eigenvalue weighted by Crippen LogP contribution is 2.23. The number of nitrogens with zero attached hydrogens (tertiary/aromatic N) is 4. The van der Waals surface area contributed by atoms with E-state index in [0.29, 0.717) is 13.0 Å². The number of hydrogen-bond acceptors (Lipinski definition) is 5. The molecule has 1 aliphatic rings. The number of aromatic nitrogens is 3. The fraction of sp³-hybridized carbons (Fsp3) is 0.467. The highest BCUT2D eigenvalue weighted by molar-refractivity contribution is 7.88. The first-order valence-electron chi connectivity index (χ1n) is 7.59. The number of sulfonamides is 1. The van der Waals surface area contributed by atoms with Crippen molar-refractivity contribution in [3.05, 3.63) is 48.0 Å². The van der Waals surface area contributed by atoms with Crippen molar-refractivity contribution >= 4 is 10.0 Å². The molecule has 0 fully saturated rings. The maximum Gasteiger partial charge on any atom is 0.208 e. The molecule has 1 atom stereocenters. The Morgan fingerprint density at radius 2 is 2.04 bits per heavy atom. The normalized spacial score (nSPS) is 18.7. The van der Waals surface area contributed by atoms with Gasteiger partial charge in [-0.15, -0.1) is 0 Å². The highest BCUT2D eigenvalue weighted by Gasteiger charge is 2.25. The van der Waals surface area contributed by atoms with Crippen molar-refractivity contribution in [3.63, 3.8) is 0 Å². The second-order valence-corrected chi connectivity index (χ2v) is 7.73. The third kappa shape index (κ3) is 4.37. The minimum Gasteiger partial charge on any atom is -0.291 e. The van der Waals surface area contributed by atoms with Crippen LogP contribution >= 0.6 is 0 Å². The quantitative estimate of drug-likeness (QED) is 0.844. The summed E-state index contributed by atoms with van der Waals surface area (Å²) in [5.41, 5.74) is 2.38. The zero-order valence-electron chi connectivity index (χ0n) is 13.1. The minimum atomic E-state index is -3.15. The third-order valence-electron chi connectivity index (χ3n) is 3.95. The van der Waals surface area contributed by atoms with Gasteiger partial charge < -0.3 is 0 Å². The Kier molecular flexibility index (Phi) is 4.74. The van der Waals surface area contributed by atoms with Crippen LogP contribution in [0.25, 0.3) is 0 Å². The fourth-order valence-corrected chi connectivity index (χ4v) is 3.44. The van der Waals surface area contributed by atoms with E-state index >= 15 is 0 Å². The fourth-order valence-electron chi connectivity index (χ4n) is 2.96. The van der Waals surface area contributed by atoms with Gasteiger partial charge in [0.2, 0.25) is 10.0 Å². The van der Waals surface area contributed by atoms with Gasteiger partial charge in [-0.3, -0.25) is 14.6 Å². The van der Waals surface area contributed by atoms with Gasteiger partial charge in [-0.25, -0.2) is 13.1 Å². The molecule has 0 aliphatic carbocycles. The van der Waals surface area contributed by atoms with Crippen molar-refractivity contribution in [2.45, 2.75) is 25.6 Å². The first-order valence-corrected chi connectivity index (χ1v) is 9.49. The molecule has 124 valence electrons. The molecule has 1 aliphatic heterocycles. The van der Waals surface area contributed by atoms with Crippen LogP contribution < -0.4 is 4.72 Å². The molecule has 3 rings (SSSR count). The van der Waals surface area contributed by atoms with Crippen molar-refractivity contribution < 1.29 is 8.42 Å². The number of nitrogens with one attached hydrogen (secondary N) is 1. The lowest BCUT2D eigenvalue weighted by Crippen LogP contribution is -2.38. The molecule has 0 radical (unpaired) electrons. The van der Waals surface area contributed by atoms with Crippen molar-refractivity contribution in [1.82, 2.24) is 24.4 Å². The van der Waals surface area contributed by atoms with E-state index in [2.05, 4.69) is 19.7 Å². The van der Waals surface area contributed by atoms with E-state index in [-0.39, 0.29) is 6.04 Å². The third-order valence-corrected chi connectivity index (χ3v) is 4.68. The predicted molar refractivity (Wildman–Crippen MR) is 87.1 cm³/mol. The molecule has 23 heavy (non-hydrogen) atoms. The highest BCUT2D eigenvalue weighted by atomic mass is 32.2. The zero-order valence-corrected chi connectivity index (χ0v) is 13.9. The van der Waals surface area contributed by atoms with Crippen LogP contribution in [0.4, 0.5) is 0 Å². The molecular weight excluding hydrogens is 314 g/mol. The van der Waals surface area contributed by atoms with Gasteiger partial charge in [0.1, 0.15) is 0 Å². The summed E-state index contributed by atoms with van der Waals surface area (Å²) >= 11 is 0. The van der Waals surface area contributed by atoms with E-state index in [1.165, 1.54) is 11.8 Å². The van der Waals surface area contributed by atoms with Gasteiger partial charge in [0, 0.05) is 44.8 Å². The van der Waals surface area contributed by atoms with Gasteiger partial charge in [-0.2, -0.15) is 5.10 Å². The van der Waals surface area contributed by atoms with E-state index in [1.54, 1.807) is 12.4 Å². The maximum absolute atomic E-state index is 11.2. The Balaban J connectivity index is 1.67. The molecule has 2 aromatic heterocycles. The number of fused-ring (bicyclic) bond motifs is 1. The summed E-state index contributed by atoms with van der Waals surface area (Å²) in [5.74, 6) is 0. The lowest BCUT2D eigenvalue weighted by molar-refractivity contribution is 0.162. The Hall–Kier alpha value is -1.77. The molecule has 7 nitrogen and oxygen atoms in total. The summed E-state index contributed by atoms with van der Waals surface area (Å²) in [4.78, 5) is 6.41. The molecule has 0 saturated heterocycles. The smallest absolute Gasteiger partial charge is 0.208 e. The summed E-state index contributed by atoms with van der Waals surface area (Å²) in [5, 5.41) is 4.40. The van der Waals surface area contributed by atoms with Crippen LogP contribution in [0.2, 0.25) is 0 Å². The minimum absolute atomic E-state index is 0.171. The molecule has 0 aromatic carbocycles. The molecule has 2 aromatic rings. The summed E-state index contributed by atoms with van der Waals surface area (Å²) in [6.45, 7) is 2.97. The first-order chi connectivity index (χ1) is 11.0. The zero-order chi connectivity index (χ0) is 16.3. The molecular formula is C15H21N5O2S. The average molecular weight is 335 g/mol. The van der Waals surface area contributed by atoms with Crippen LogP contribution in [0.15, 0.2) is 36.8 Å². The summed E-state index contributed by atoms with van der Waals surface area (Å²) in [6.07, 6.45) is 7.31. The summed E-state index contributed by atoms with van der Waals surface area (Å²) < 4.78 is 27.0. The van der Waals surface area contributed by atoms with Crippen molar-refractivity contribution in [2.24, 2.45) is 0 Å². The lowest BCUT2D eigenvalue weighted by Gasteiger charge is -2.34. The monoisotopic (exact) mass is 335 g/mol. The molecule has 0 spiro atoms. The Morgan fingerprint density at radius 1 is 1.26 bits per heavy atom. The van der Waals surface area contributed by atoms with Gasteiger partial charge in [0.05, 0.1) is 18.0 Å². The Labute approximate surface area is 136 Å². The van der Waals surface area contributed by atoms with Crippen molar-refractivity contribution in [2.75, 3.05) is 19.3 Å². The number of pyridine rings is 1. The molecule has 1 N–H and O–H groups in total. The van der Waals surface area contributed by atoms with Gasteiger partial charge in [-0.05, 0) is 30.2 Å². The van der Waals surface area contributed by atoms with Crippen LogP contribution in [-0.2, 0) is 23.1 Å². The molecule has 0 amide bonds. The van der Waals surface area contributed by atoms with Crippen LogP contribution in [0.3, 0.4) is 0 Å². The number of rotatable bonds is 6. The molecule has 3 heterocycles. The largest absolute Gasteiger partial charge is 0.291 e. The maximum atomic E-state index is 11.2. The Bertz CT molecular complexity index is 744. The van der Waals surface area contributed by atoms with Gasteiger partial charge in [0.15, 0.2) is 0 Å². The van der Waals surface area contributed by atoms with E-state index in [4.69, 9.17) is 0 Å². The van der Waals surface area contributed by atoms with Crippen molar-refractivity contribution in [1.29, 1.82) is 0 Å². The second kappa shape index (κ2) is 6.77. The molecule has 8 heteroatoms. The average Bonchev–Trinajstić information content (AvgIpc) is 2.95. The second-order valence-electron chi connectivity index (χ2n) is 5.90. The molecule has 0 saturated carbocycles. The van der Waals surface area contributed by atoms with Crippen LogP contribution in [0.1, 0.15) is 23.7 Å². The Morgan fingerprint density at radius 3 is 2.78 bits per heavy atom. The number of hydrogen-bond donors (Lipinski definition) is 1. The van der Waals surface area contributed by atoms with Crippen LogP contribution in [-0.4, -0.2) is 47.4 Å². The summed E-state index contributed by atoms with van der Waals surface area (Å²) in [7, 11) is -3.15. The standard InChI is InChI=1S/C15H21N5O2S/c1-23(21,22)18-9-5-15-12-19(10-13-2-6-16-7-3-13)11-14-4-8-17-20(14)15/h2-4,6-8,15,18H,5,9-12H2,1H3. The predicted octanol–water partition coefficient (Wildman–Crippen LogP) is 0.774. The summed E-state index contributed by atoms with van der Waals surface area (Å²) in [6, 6.07) is 6.23. The van der Waals surface area contributed by atoms with Gasteiger partial charge in [0.25, 0.3) is 0 Å². The van der Waals surface area contributed by atoms with E-state index < -0.39 is 10.0 Å². The first kappa shape index (κ1) is 16.1. The van der Waals surface area contributed by atoms with E-state index in [0.717, 1.165) is 25.3 Å². The van der Waals surface area contributed by atoms with Crippen LogP contribution in [0.5, 0.6) is 0 Å².